The van der Waals surface area contributed by atoms with Crippen molar-refractivity contribution in [3.05, 3.63) is 58.6 Å². The van der Waals surface area contributed by atoms with Crippen molar-refractivity contribution in [3.8, 4) is 0 Å². The lowest BCUT2D eigenvalue weighted by Crippen LogP contribution is -2.10. The highest BCUT2D eigenvalue weighted by atomic mass is 35.5. The first-order valence-corrected chi connectivity index (χ1v) is 6.79. The summed E-state index contributed by atoms with van der Waals surface area (Å²) in [5.41, 5.74) is 3.98. The molecule has 2 rings (SSSR count). The topological polar surface area (TPSA) is 41.1 Å². The van der Waals surface area contributed by atoms with Gasteiger partial charge >= 0.3 is 0 Å². The van der Waals surface area contributed by atoms with Crippen molar-refractivity contribution >= 4 is 28.9 Å². The number of carbonyl (C=O) groups is 1. The largest absolute Gasteiger partial charge is 0.381 e. The Bertz CT molecular complexity index is 626. The molecule has 0 aliphatic heterocycles. The van der Waals surface area contributed by atoms with Crippen molar-refractivity contribution in [2.75, 3.05) is 10.6 Å². The molecule has 0 unspecified atom stereocenters. The van der Waals surface area contributed by atoms with Gasteiger partial charge in [0, 0.05) is 29.9 Å². The van der Waals surface area contributed by atoms with E-state index < -0.39 is 0 Å². The van der Waals surface area contributed by atoms with Crippen molar-refractivity contribution in [1.29, 1.82) is 0 Å². The first-order chi connectivity index (χ1) is 9.56. The molecule has 0 aliphatic rings. The molecule has 0 radical (unpaired) electrons. The van der Waals surface area contributed by atoms with Crippen LogP contribution in [0.5, 0.6) is 0 Å². The summed E-state index contributed by atoms with van der Waals surface area (Å²) in [6.45, 7) is 4.15. The van der Waals surface area contributed by atoms with Crippen LogP contribution in [0.25, 0.3) is 0 Å². The van der Waals surface area contributed by atoms with Gasteiger partial charge in [0.25, 0.3) is 0 Å². The van der Waals surface area contributed by atoms with Crippen LogP contribution in [0.15, 0.2) is 42.5 Å². The normalized spacial score (nSPS) is 10.2. The van der Waals surface area contributed by atoms with Crippen molar-refractivity contribution < 1.29 is 4.79 Å². The molecule has 4 heteroatoms. The first-order valence-electron chi connectivity index (χ1n) is 6.42. The van der Waals surface area contributed by atoms with Gasteiger partial charge in [0.2, 0.25) is 5.91 Å². The summed E-state index contributed by atoms with van der Waals surface area (Å²) in [6, 6.07) is 13.5. The highest BCUT2D eigenvalue weighted by Crippen LogP contribution is 2.22. The standard InChI is InChI=1S/C16H17ClN2O/c1-11-7-8-14(17)9-16(11)18-10-13-5-3-4-6-15(13)19-12(2)20/h3-9,18H,10H2,1-2H3,(H,19,20). The van der Waals surface area contributed by atoms with E-state index in [-0.39, 0.29) is 5.91 Å². The minimum Gasteiger partial charge on any atom is -0.381 e. The third-order valence-corrected chi connectivity index (χ3v) is 3.23. The van der Waals surface area contributed by atoms with E-state index >= 15 is 0 Å². The number of para-hydroxylation sites is 1. The van der Waals surface area contributed by atoms with E-state index in [1.165, 1.54) is 6.92 Å². The molecule has 2 aromatic carbocycles. The van der Waals surface area contributed by atoms with Crippen LogP contribution in [0.3, 0.4) is 0 Å². The zero-order valence-electron chi connectivity index (χ0n) is 11.5. The molecular weight excluding hydrogens is 272 g/mol. The fourth-order valence-electron chi connectivity index (χ4n) is 1.96. The third-order valence-electron chi connectivity index (χ3n) is 3.00. The van der Waals surface area contributed by atoms with Crippen molar-refractivity contribution in [2.45, 2.75) is 20.4 Å². The fraction of sp³-hybridized carbons (Fsp3) is 0.188. The zero-order chi connectivity index (χ0) is 14.5. The lowest BCUT2D eigenvalue weighted by atomic mass is 10.1. The van der Waals surface area contributed by atoms with Gasteiger partial charge in [-0.1, -0.05) is 35.9 Å². The second-order valence-corrected chi connectivity index (χ2v) is 5.09. The molecule has 0 heterocycles. The Morgan fingerprint density at radius 2 is 1.90 bits per heavy atom. The smallest absolute Gasteiger partial charge is 0.221 e. The van der Waals surface area contributed by atoms with E-state index in [1.807, 2.05) is 49.4 Å². The molecule has 0 saturated heterocycles. The van der Waals surface area contributed by atoms with Crippen LogP contribution in [0.1, 0.15) is 18.1 Å². The minimum atomic E-state index is -0.0728. The molecule has 2 aromatic rings. The summed E-state index contributed by atoms with van der Waals surface area (Å²) in [4.78, 5) is 11.2. The predicted octanol–water partition coefficient (Wildman–Crippen LogP) is 4.22. The van der Waals surface area contributed by atoms with Crippen LogP contribution < -0.4 is 10.6 Å². The molecule has 1 amide bonds. The molecular formula is C16H17ClN2O. The van der Waals surface area contributed by atoms with Gasteiger partial charge in [0.05, 0.1) is 0 Å². The van der Waals surface area contributed by atoms with E-state index in [4.69, 9.17) is 11.6 Å². The quantitative estimate of drug-likeness (QED) is 0.884. The second kappa shape index (κ2) is 6.44. The Morgan fingerprint density at radius 1 is 1.15 bits per heavy atom. The summed E-state index contributed by atoms with van der Waals surface area (Å²) < 4.78 is 0. The Labute approximate surface area is 124 Å². The van der Waals surface area contributed by atoms with Gasteiger partial charge < -0.3 is 10.6 Å². The number of hydrogen-bond acceptors (Lipinski definition) is 2. The van der Waals surface area contributed by atoms with E-state index in [1.54, 1.807) is 0 Å². The lowest BCUT2D eigenvalue weighted by Gasteiger charge is -2.13. The minimum absolute atomic E-state index is 0.0728. The number of anilines is 2. The molecule has 104 valence electrons. The maximum Gasteiger partial charge on any atom is 0.221 e. The average molecular weight is 289 g/mol. The lowest BCUT2D eigenvalue weighted by molar-refractivity contribution is -0.114. The molecule has 0 aliphatic carbocycles. The van der Waals surface area contributed by atoms with Gasteiger partial charge in [0.1, 0.15) is 0 Å². The van der Waals surface area contributed by atoms with Crippen LogP contribution in [0.4, 0.5) is 11.4 Å². The Balaban J connectivity index is 2.14. The third kappa shape index (κ3) is 3.75. The van der Waals surface area contributed by atoms with Crippen molar-refractivity contribution in [2.24, 2.45) is 0 Å². The van der Waals surface area contributed by atoms with Crippen LogP contribution in [0, 0.1) is 6.92 Å². The number of benzene rings is 2. The molecule has 3 nitrogen and oxygen atoms in total. The van der Waals surface area contributed by atoms with E-state index in [2.05, 4.69) is 10.6 Å². The molecule has 20 heavy (non-hydrogen) atoms. The number of aryl methyl sites for hydroxylation is 1. The maximum atomic E-state index is 11.2. The van der Waals surface area contributed by atoms with Crippen molar-refractivity contribution in [1.82, 2.24) is 0 Å². The highest BCUT2D eigenvalue weighted by molar-refractivity contribution is 6.30. The Hall–Kier alpha value is -2.00. The SMILES string of the molecule is CC(=O)Nc1ccccc1CNc1cc(Cl)ccc1C. The van der Waals surface area contributed by atoms with Crippen LogP contribution in [0.2, 0.25) is 5.02 Å². The molecule has 0 aromatic heterocycles. The Kier molecular flexibility index (Phi) is 4.64. The summed E-state index contributed by atoms with van der Waals surface area (Å²) >= 11 is 6.00. The van der Waals surface area contributed by atoms with Gasteiger partial charge in [-0.2, -0.15) is 0 Å². The molecule has 0 bridgehead atoms. The summed E-state index contributed by atoms with van der Waals surface area (Å²) in [7, 11) is 0. The summed E-state index contributed by atoms with van der Waals surface area (Å²) in [5.74, 6) is -0.0728. The van der Waals surface area contributed by atoms with Crippen LogP contribution in [-0.4, -0.2) is 5.91 Å². The van der Waals surface area contributed by atoms with Gasteiger partial charge in [-0.05, 0) is 36.2 Å². The number of halogens is 1. The summed E-state index contributed by atoms with van der Waals surface area (Å²) in [6.07, 6.45) is 0. The van der Waals surface area contributed by atoms with Crippen LogP contribution in [-0.2, 0) is 11.3 Å². The summed E-state index contributed by atoms with van der Waals surface area (Å²) in [5, 5.41) is 6.88. The highest BCUT2D eigenvalue weighted by Gasteiger charge is 2.04. The number of amides is 1. The number of carbonyl (C=O) groups excluding carboxylic acids is 1. The van der Waals surface area contributed by atoms with Gasteiger partial charge in [0.15, 0.2) is 0 Å². The van der Waals surface area contributed by atoms with Gasteiger partial charge in [-0.25, -0.2) is 0 Å². The number of rotatable bonds is 4. The predicted molar refractivity (Wildman–Crippen MR) is 84.3 cm³/mol. The number of hydrogen-bond donors (Lipinski definition) is 2. The fourth-order valence-corrected chi connectivity index (χ4v) is 2.13. The van der Waals surface area contributed by atoms with Gasteiger partial charge in [-0.3, -0.25) is 4.79 Å². The molecule has 0 saturated carbocycles. The van der Waals surface area contributed by atoms with Crippen LogP contribution >= 0.6 is 11.6 Å². The molecule has 0 atom stereocenters. The maximum absolute atomic E-state index is 11.2. The molecule has 0 fully saturated rings. The van der Waals surface area contributed by atoms with E-state index in [9.17, 15) is 4.79 Å². The molecule has 0 spiro atoms. The van der Waals surface area contributed by atoms with Crippen molar-refractivity contribution in [3.63, 3.8) is 0 Å². The average Bonchev–Trinajstić information content (AvgIpc) is 2.41. The first kappa shape index (κ1) is 14.4. The van der Waals surface area contributed by atoms with E-state index in [0.717, 1.165) is 22.5 Å². The Morgan fingerprint density at radius 3 is 2.65 bits per heavy atom. The van der Waals surface area contributed by atoms with Gasteiger partial charge in [-0.15, -0.1) is 0 Å². The second-order valence-electron chi connectivity index (χ2n) is 4.65. The van der Waals surface area contributed by atoms with E-state index in [0.29, 0.717) is 11.6 Å². The number of nitrogens with one attached hydrogen (secondary N) is 2. The zero-order valence-corrected chi connectivity index (χ0v) is 12.3. The monoisotopic (exact) mass is 288 g/mol. The molecule has 2 N–H and O–H groups in total.